The molecule has 1 aromatic rings. The van der Waals surface area contributed by atoms with Crippen LogP contribution in [-0.2, 0) is 21.2 Å². The van der Waals surface area contributed by atoms with E-state index in [2.05, 4.69) is 5.32 Å². The van der Waals surface area contributed by atoms with Gasteiger partial charge in [0, 0.05) is 19.1 Å². The summed E-state index contributed by atoms with van der Waals surface area (Å²) in [7, 11) is -1.60. The Bertz CT molecular complexity index is 613. The Hall–Kier alpha value is -1.60. The lowest BCUT2D eigenvalue weighted by atomic mass is 10.1. The summed E-state index contributed by atoms with van der Waals surface area (Å²) in [6.07, 6.45) is 3.05. The largest absolute Gasteiger partial charge is 0.497 e. The average Bonchev–Trinajstić information content (AvgIpc) is 2.47. The number of carbonyl (C=O) groups excluding carboxylic acids is 1. The van der Waals surface area contributed by atoms with Gasteiger partial charge in [0.1, 0.15) is 5.75 Å². The number of nitrogens with one attached hydrogen (secondary N) is 1. The maximum absolute atomic E-state index is 12.1. The highest BCUT2D eigenvalue weighted by Crippen LogP contribution is 2.14. The van der Waals surface area contributed by atoms with E-state index in [4.69, 9.17) is 4.74 Å². The van der Waals surface area contributed by atoms with Crippen molar-refractivity contribution in [1.82, 2.24) is 9.62 Å². The van der Waals surface area contributed by atoms with E-state index in [9.17, 15) is 13.2 Å². The van der Waals surface area contributed by atoms with Gasteiger partial charge in [-0.1, -0.05) is 12.1 Å². The molecule has 1 aliphatic rings. The van der Waals surface area contributed by atoms with E-state index in [-0.39, 0.29) is 18.4 Å². The fraction of sp³-hybridized carbons (Fsp3) is 0.533. The third kappa shape index (κ3) is 4.71. The SMILES string of the molecule is COc1ccc(CC(=O)NC2CCCN(S(C)(=O)=O)C2)cc1. The molecule has 0 spiro atoms. The van der Waals surface area contributed by atoms with Gasteiger partial charge in [-0.2, -0.15) is 0 Å². The molecular weight excluding hydrogens is 304 g/mol. The van der Waals surface area contributed by atoms with Crippen molar-refractivity contribution in [3.8, 4) is 5.75 Å². The number of nitrogens with zero attached hydrogens (tertiary/aromatic N) is 1. The summed E-state index contributed by atoms with van der Waals surface area (Å²) in [5, 5.41) is 2.92. The molecule has 1 saturated heterocycles. The first-order chi connectivity index (χ1) is 10.4. The van der Waals surface area contributed by atoms with Crippen molar-refractivity contribution in [2.45, 2.75) is 25.3 Å². The molecule has 0 aliphatic carbocycles. The molecule has 22 heavy (non-hydrogen) atoms. The number of amides is 1. The molecule has 0 bridgehead atoms. The smallest absolute Gasteiger partial charge is 0.224 e. The van der Waals surface area contributed by atoms with E-state index >= 15 is 0 Å². The van der Waals surface area contributed by atoms with Crippen molar-refractivity contribution in [2.75, 3.05) is 26.5 Å². The number of hydrogen-bond acceptors (Lipinski definition) is 4. The summed E-state index contributed by atoms with van der Waals surface area (Å²) in [6.45, 7) is 0.886. The molecule has 2 rings (SSSR count). The van der Waals surface area contributed by atoms with Gasteiger partial charge in [-0.05, 0) is 30.5 Å². The number of carbonyl (C=O) groups is 1. The highest BCUT2D eigenvalue weighted by atomic mass is 32.2. The predicted molar refractivity (Wildman–Crippen MR) is 84.3 cm³/mol. The summed E-state index contributed by atoms with van der Waals surface area (Å²) in [4.78, 5) is 12.1. The van der Waals surface area contributed by atoms with Crippen molar-refractivity contribution in [3.63, 3.8) is 0 Å². The minimum Gasteiger partial charge on any atom is -0.497 e. The molecule has 0 radical (unpaired) electrons. The number of methoxy groups -OCH3 is 1. The van der Waals surface area contributed by atoms with Gasteiger partial charge in [0.15, 0.2) is 0 Å². The van der Waals surface area contributed by atoms with Gasteiger partial charge in [0.25, 0.3) is 0 Å². The van der Waals surface area contributed by atoms with E-state index < -0.39 is 10.0 Å². The number of hydrogen-bond donors (Lipinski definition) is 1. The van der Waals surface area contributed by atoms with Gasteiger partial charge in [0.2, 0.25) is 15.9 Å². The van der Waals surface area contributed by atoms with Crippen LogP contribution in [0, 0.1) is 0 Å². The van der Waals surface area contributed by atoms with Gasteiger partial charge in [-0.25, -0.2) is 12.7 Å². The fourth-order valence-corrected chi connectivity index (χ4v) is 3.48. The first-order valence-electron chi connectivity index (χ1n) is 7.26. The Morgan fingerprint density at radius 1 is 1.36 bits per heavy atom. The molecular formula is C15H22N2O4S. The second kappa shape index (κ2) is 7.11. The lowest BCUT2D eigenvalue weighted by Gasteiger charge is -2.31. The molecule has 1 fully saturated rings. The zero-order valence-electron chi connectivity index (χ0n) is 12.9. The molecule has 1 N–H and O–H groups in total. The standard InChI is InChI=1S/C15H22N2O4S/c1-21-14-7-5-12(6-8-14)10-15(18)16-13-4-3-9-17(11-13)22(2,19)20/h5-8,13H,3-4,9-11H2,1-2H3,(H,16,18). The molecule has 1 amide bonds. The Morgan fingerprint density at radius 3 is 2.64 bits per heavy atom. The monoisotopic (exact) mass is 326 g/mol. The zero-order valence-corrected chi connectivity index (χ0v) is 13.7. The molecule has 1 heterocycles. The van der Waals surface area contributed by atoms with E-state index in [0.29, 0.717) is 13.1 Å². The number of ether oxygens (including phenoxy) is 1. The third-order valence-electron chi connectivity index (χ3n) is 3.74. The number of sulfonamides is 1. The van der Waals surface area contributed by atoms with Crippen molar-refractivity contribution in [2.24, 2.45) is 0 Å². The Kier molecular flexibility index (Phi) is 5.42. The van der Waals surface area contributed by atoms with Crippen LogP contribution in [0.25, 0.3) is 0 Å². The first kappa shape index (κ1) is 16.8. The van der Waals surface area contributed by atoms with Crippen LogP contribution in [0.5, 0.6) is 5.75 Å². The normalized spacial score (nSPS) is 19.6. The van der Waals surface area contributed by atoms with E-state index in [1.807, 2.05) is 24.3 Å². The molecule has 1 aliphatic heterocycles. The van der Waals surface area contributed by atoms with Crippen LogP contribution in [0.2, 0.25) is 0 Å². The highest BCUT2D eigenvalue weighted by Gasteiger charge is 2.26. The second-order valence-electron chi connectivity index (χ2n) is 5.55. The van der Waals surface area contributed by atoms with Crippen LogP contribution in [0.1, 0.15) is 18.4 Å². The average molecular weight is 326 g/mol. The van der Waals surface area contributed by atoms with E-state index in [1.165, 1.54) is 10.6 Å². The first-order valence-corrected chi connectivity index (χ1v) is 9.11. The topological polar surface area (TPSA) is 75.7 Å². The number of piperidine rings is 1. The van der Waals surface area contributed by atoms with Crippen LogP contribution >= 0.6 is 0 Å². The van der Waals surface area contributed by atoms with Crippen LogP contribution in [0.4, 0.5) is 0 Å². The molecule has 0 saturated carbocycles. The van der Waals surface area contributed by atoms with E-state index in [0.717, 1.165) is 24.2 Å². The molecule has 0 aromatic heterocycles. The highest BCUT2D eigenvalue weighted by molar-refractivity contribution is 7.88. The zero-order chi connectivity index (χ0) is 16.2. The summed E-state index contributed by atoms with van der Waals surface area (Å²) < 4.78 is 29.6. The summed E-state index contributed by atoms with van der Waals surface area (Å²) >= 11 is 0. The summed E-state index contributed by atoms with van der Waals surface area (Å²) in [5.74, 6) is 0.658. The van der Waals surface area contributed by atoms with Crippen molar-refractivity contribution in [1.29, 1.82) is 0 Å². The minimum absolute atomic E-state index is 0.0921. The Labute approximate surface area is 131 Å². The van der Waals surface area contributed by atoms with Crippen LogP contribution < -0.4 is 10.1 Å². The number of benzene rings is 1. The lowest BCUT2D eigenvalue weighted by molar-refractivity contribution is -0.121. The maximum Gasteiger partial charge on any atom is 0.224 e. The molecule has 7 heteroatoms. The van der Waals surface area contributed by atoms with Gasteiger partial charge in [0.05, 0.1) is 19.8 Å². The van der Waals surface area contributed by atoms with Gasteiger partial charge < -0.3 is 10.1 Å². The van der Waals surface area contributed by atoms with Crippen molar-refractivity contribution >= 4 is 15.9 Å². The third-order valence-corrected chi connectivity index (χ3v) is 5.01. The Balaban J connectivity index is 1.88. The minimum atomic E-state index is -3.19. The van der Waals surface area contributed by atoms with E-state index in [1.54, 1.807) is 7.11 Å². The lowest BCUT2D eigenvalue weighted by Crippen LogP contribution is -2.49. The van der Waals surface area contributed by atoms with Crippen LogP contribution in [-0.4, -0.2) is 51.1 Å². The molecule has 122 valence electrons. The van der Waals surface area contributed by atoms with Crippen LogP contribution in [0.3, 0.4) is 0 Å². The van der Waals surface area contributed by atoms with Gasteiger partial charge >= 0.3 is 0 Å². The van der Waals surface area contributed by atoms with Gasteiger partial charge in [-0.3, -0.25) is 4.79 Å². The predicted octanol–water partition coefficient (Wildman–Crippen LogP) is 0.778. The molecule has 1 unspecified atom stereocenters. The van der Waals surface area contributed by atoms with Gasteiger partial charge in [-0.15, -0.1) is 0 Å². The van der Waals surface area contributed by atoms with Crippen molar-refractivity contribution < 1.29 is 17.9 Å². The van der Waals surface area contributed by atoms with Crippen molar-refractivity contribution in [3.05, 3.63) is 29.8 Å². The quantitative estimate of drug-likeness (QED) is 0.867. The maximum atomic E-state index is 12.1. The fourth-order valence-electron chi connectivity index (χ4n) is 2.57. The summed E-state index contributed by atoms with van der Waals surface area (Å²) in [5.41, 5.74) is 0.897. The molecule has 1 aromatic carbocycles. The Morgan fingerprint density at radius 2 is 2.05 bits per heavy atom. The summed E-state index contributed by atoms with van der Waals surface area (Å²) in [6, 6.07) is 7.21. The number of rotatable bonds is 5. The molecule has 1 atom stereocenters. The second-order valence-corrected chi connectivity index (χ2v) is 7.53. The molecule has 6 nitrogen and oxygen atoms in total. The van der Waals surface area contributed by atoms with Crippen LogP contribution in [0.15, 0.2) is 24.3 Å².